The smallest absolute Gasteiger partial charge is 0.306 e. The quantitative estimate of drug-likeness (QED) is 0.302. The Morgan fingerprint density at radius 1 is 0.864 bits per heavy atom. The third-order valence-electron chi connectivity index (χ3n) is 3.80. The summed E-state index contributed by atoms with van der Waals surface area (Å²) in [7, 11) is 0. The zero-order valence-electron chi connectivity index (χ0n) is 14.5. The molecule has 0 saturated carbocycles. The molecule has 0 bridgehead atoms. The average molecular weight is 306 g/mol. The lowest BCUT2D eigenvalue weighted by Gasteiger charge is -2.08. The molecule has 1 unspecified atom stereocenters. The Morgan fingerprint density at radius 3 is 2.05 bits per heavy atom. The van der Waals surface area contributed by atoms with Gasteiger partial charge in [-0.1, -0.05) is 69.6 Å². The second kappa shape index (κ2) is 16.1. The number of hydrogen-bond acceptors (Lipinski definition) is 1. The molecule has 22 heavy (non-hydrogen) atoms. The normalized spacial score (nSPS) is 13.5. The highest BCUT2D eigenvalue weighted by atomic mass is 16.4. The summed E-state index contributed by atoms with van der Waals surface area (Å²) in [6.45, 7) is 4.11. The maximum Gasteiger partial charge on any atom is 0.306 e. The second-order valence-corrected chi connectivity index (χ2v) is 5.73. The number of allylic oxidation sites excluding steroid dienone is 6. The summed E-state index contributed by atoms with van der Waals surface area (Å²) in [4.78, 5) is 10.9. The van der Waals surface area contributed by atoms with Gasteiger partial charge in [0.05, 0.1) is 5.92 Å². The summed E-state index contributed by atoms with van der Waals surface area (Å²) >= 11 is 0. The lowest BCUT2D eigenvalue weighted by Crippen LogP contribution is -2.12. The van der Waals surface area contributed by atoms with Gasteiger partial charge in [0.25, 0.3) is 0 Å². The minimum atomic E-state index is -0.635. The molecule has 0 rings (SSSR count). The van der Waals surface area contributed by atoms with E-state index in [0.717, 1.165) is 51.4 Å². The molecular weight excluding hydrogens is 272 g/mol. The molecule has 0 radical (unpaired) electrons. The Morgan fingerprint density at radius 2 is 1.45 bits per heavy atom. The number of rotatable bonds is 14. The first kappa shape index (κ1) is 20.7. The van der Waals surface area contributed by atoms with Crippen LogP contribution >= 0.6 is 0 Å². The predicted molar refractivity (Wildman–Crippen MR) is 96.1 cm³/mol. The molecule has 0 fully saturated rings. The van der Waals surface area contributed by atoms with Crippen LogP contribution in [0.25, 0.3) is 0 Å². The number of aliphatic carboxylic acids is 1. The molecule has 0 aliphatic carbocycles. The number of carboxylic acid groups (broad SMARTS) is 1. The van der Waals surface area contributed by atoms with Crippen LogP contribution in [0, 0.1) is 5.92 Å². The van der Waals surface area contributed by atoms with Crippen LogP contribution in [-0.2, 0) is 4.79 Å². The summed E-state index contributed by atoms with van der Waals surface area (Å²) < 4.78 is 0. The third kappa shape index (κ3) is 13.7. The fourth-order valence-corrected chi connectivity index (χ4v) is 2.34. The van der Waals surface area contributed by atoms with E-state index in [1.807, 2.05) is 6.92 Å². The highest BCUT2D eigenvalue weighted by Gasteiger charge is 2.13. The Balaban J connectivity index is 3.40. The molecule has 126 valence electrons. The van der Waals surface area contributed by atoms with Gasteiger partial charge in [-0.15, -0.1) is 0 Å². The topological polar surface area (TPSA) is 37.3 Å². The fourth-order valence-electron chi connectivity index (χ4n) is 2.34. The summed E-state index contributed by atoms with van der Waals surface area (Å²) in [5.41, 5.74) is 0. The molecule has 0 aliphatic heterocycles. The lowest BCUT2D eigenvalue weighted by atomic mass is 9.98. The van der Waals surface area contributed by atoms with Crippen molar-refractivity contribution in [2.75, 3.05) is 0 Å². The van der Waals surface area contributed by atoms with Crippen LogP contribution in [0.2, 0.25) is 0 Å². The molecule has 1 N–H and O–H groups in total. The number of unbranched alkanes of at least 4 members (excludes halogenated alkanes) is 4. The van der Waals surface area contributed by atoms with Crippen molar-refractivity contribution >= 4 is 5.97 Å². The Kier molecular flexibility index (Phi) is 15.1. The first-order valence-electron chi connectivity index (χ1n) is 8.90. The molecule has 0 spiro atoms. The minimum absolute atomic E-state index is 0.140. The monoisotopic (exact) mass is 306 g/mol. The van der Waals surface area contributed by atoms with Crippen molar-refractivity contribution in [3.05, 3.63) is 36.5 Å². The van der Waals surface area contributed by atoms with Crippen molar-refractivity contribution in [2.45, 2.75) is 78.1 Å². The van der Waals surface area contributed by atoms with E-state index in [-0.39, 0.29) is 5.92 Å². The van der Waals surface area contributed by atoms with Gasteiger partial charge in [0.1, 0.15) is 0 Å². The molecule has 0 amide bonds. The van der Waals surface area contributed by atoms with E-state index < -0.39 is 5.97 Å². The van der Waals surface area contributed by atoms with Gasteiger partial charge in [-0.25, -0.2) is 0 Å². The van der Waals surface area contributed by atoms with Crippen molar-refractivity contribution in [3.8, 4) is 0 Å². The van der Waals surface area contributed by atoms with Gasteiger partial charge in [-0.2, -0.15) is 0 Å². The summed E-state index contributed by atoms with van der Waals surface area (Å²) in [6, 6.07) is 0. The lowest BCUT2D eigenvalue weighted by molar-refractivity contribution is -0.142. The van der Waals surface area contributed by atoms with Crippen LogP contribution < -0.4 is 0 Å². The van der Waals surface area contributed by atoms with E-state index in [0.29, 0.717) is 0 Å². The molecular formula is C20H34O2. The van der Waals surface area contributed by atoms with Crippen LogP contribution in [0.1, 0.15) is 78.1 Å². The maximum absolute atomic E-state index is 10.9. The van der Waals surface area contributed by atoms with Crippen molar-refractivity contribution in [3.63, 3.8) is 0 Å². The van der Waals surface area contributed by atoms with Gasteiger partial charge >= 0.3 is 5.97 Å². The van der Waals surface area contributed by atoms with Crippen LogP contribution in [0.5, 0.6) is 0 Å². The van der Waals surface area contributed by atoms with E-state index in [1.54, 1.807) is 0 Å². The molecule has 1 atom stereocenters. The van der Waals surface area contributed by atoms with E-state index in [4.69, 9.17) is 5.11 Å². The molecule has 0 saturated heterocycles. The van der Waals surface area contributed by atoms with Crippen LogP contribution in [0.15, 0.2) is 36.5 Å². The fraction of sp³-hybridized carbons (Fsp3) is 0.650. The highest BCUT2D eigenvalue weighted by molar-refractivity contribution is 5.69. The molecule has 0 aromatic carbocycles. The largest absolute Gasteiger partial charge is 0.481 e. The first-order chi connectivity index (χ1) is 10.7. The molecule has 0 aliphatic rings. The number of carbonyl (C=O) groups is 1. The molecule has 2 heteroatoms. The molecule has 0 heterocycles. The molecule has 0 aromatic rings. The minimum Gasteiger partial charge on any atom is -0.481 e. The van der Waals surface area contributed by atoms with Gasteiger partial charge in [0.2, 0.25) is 0 Å². The van der Waals surface area contributed by atoms with E-state index >= 15 is 0 Å². The van der Waals surface area contributed by atoms with Crippen molar-refractivity contribution < 1.29 is 9.90 Å². The van der Waals surface area contributed by atoms with Gasteiger partial charge in [-0.3, -0.25) is 4.79 Å². The van der Waals surface area contributed by atoms with Crippen LogP contribution in [0.3, 0.4) is 0 Å². The predicted octanol–water partition coefficient (Wildman–Crippen LogP) is 6.30. The summed E-state index contributed by atoms with van der Waals surface area (Å²) in [5.74, 6) is -0.775. The first-order valence-corrected chi connectivity index (χ1v) is 8.90. The standard InChI is InChI=1S/C20H34O2/c1-3-5-6-7-8-9-10-11-12-13-14-15-16-17-18-19(4-2)20(21)22/h5-6,8-9,11-12,19H,3-4,7,10,13-18H2,1-2H3,(H,21,22)/b6-5-,9-8-,12-11-. The van der Waals surface area contributed by atoms with E-state index in [9.17, 15) is 4.79 Å². The van der Waals surface area contributed by atoms with Gasteiger partial charge in [0.15, 0.2) is 0 Å². The van der Waals surface area contributed by atoms with Crippen molar-refractivity contribution in [2.24, 2.45) is 5.92 Å². The average Bonchev–Trinajstić information content (AvgIpc) is 2.51. The Labute approximate surface area is 137 Å². The van der Waals surface area contributed by atoms with Gasteiger partial charge in [-0.05, 0) is 44.9 Å². The highest BCUT2D eigenvalue weighted by Crippen LogP contribution is 2.15. The van der Waals surface area contributed by atoms with Crippen LogP contribution in [-0.4, -0.2) is 11.1 Å². The summed E-state index contributed by atoms with van der Waals surface area (Å²) in [6.07, 6.45) is 23.8. The zero-order chi connectivity index (χ0) is 16.5. The SMILES string of the molecule is CC/C=C\C/C=C\C/C=C\CCCCCCC(CC)C(=O)O. The second-order valence-electron chi connectivity index (χ2n) is 5.73. The third-order valence-corrected chi connectivity index (χ3v) is 3.80. The van der Waals surface area contributed by atoms with Crippen LogP contribution in [0.4, 0.5) is 0 Å². The van der Waals surface area contributed by atoms with Crippen molar-refractivity contribution in [1.29, 1.82) is 0 Å². The summed E-state index contributed by atoms with van der Waals surface area (Å²) in [5, 5.41) is 8.96. The zero-order valence-corrected chi connectivity index (χ0v) is 14.5. The Bertz CT molecular complexity index is 340. The number of carboxylic acids is 1. The van der Waals surface area contributed by atoms with E-state index in [2.05, 4.69) is 43.4 Å². The molecule has 0 aromatic heterocycles. The van der Waals surface area contributed by atoms with Crippen molar-refractivity contribution in [1.82, 2.24) is 0 Å². The number of hydrogen-bond donors (Lipinski definition) is 1. The van der Waals surface area contributed by atoms with E-state index in [1.165, 1.54) is 12.8 Å². The van der Waals surface area contributed by atoms with Gasteiger partial charge in [0, 0.05) is 0 Å². The maximum atomic E-state index is 10.9. The molecule has 2 nitrogen and oxygen atoms in total. The Hall–Kier alpha value is -1.31. The van der Waals surface area contributed by atoms with Gasteiger partial charge < -0.3 is 5.11 Å².